The Bertz CT molecular complexity index is 1660. The molecule has 4 heteroatoms. The summed E-state index contributed by atoms with van der Waals surface area (Å²) in [6.45, 7) is 0. The molecule has 0 bridgehead atoms. The van der Waals surface area contributed by atoms with Crippen LogP contribution in [-0.2, 0) is 0 Å². The molecule has 0 unspecified atom stereocenters. The Hall–Kier alpha value is -4.41. The second kappa shape index (κ2) is 10.3. The lowest BCUT2D eigenvalue weighted by atomic mass is 10.0. The molecule has 0 fully saturated rings. The topological polar surface area (TPSA) is 38.7 Å². The predicted molar refractivity (Wildman–Crippen MR) is 155 cm³/mol. The lowest BCUT2D eigenvalue weighted by Gasteiger charge is -2.10. The highest BCUT2D eigenvalue weighted by Crippen LogP contribution is 2.29. The molecule has 0 saturated heterocycles. The van der Waals surface area contributed by atoms with Crippen LogP contribution in [-0.4, -0.2) is 15.0 Å². The quantitative estimate of drug-likeness (QED) is 0.219. The molecule has 0 N–H and O–H groups in total. The molecule has 37 heavy (non-hydrogen) atoms. The Morgan fingerprint density at radius 2 is 0.730 bits per heavy atom. The van der Waals surface area contributed by atoms with E-state index in [2.05, 4.69) is 88.7 Å². The molecule has 6 rings (SSSR count). The van der Waals surface area contributed by atoms with Gasteiger partial charge in [-0.05, 0) is 40.5 Å². The molecule has 176 valence electrons. The summed E-state index contributed by atoms with van der Waals surface area (Å²) in [5.41, 5.74) is 7.42. The molecule has 0 spiro atoms. The van der Waals surface area contributed by atoms with E-state index in [1.165, 1.54) is 0 Å². The third-order valence-electron chi connectivity index (χ3n) is 6.20. The van der Waals surface area contributed by atoms with Crippen LogP contribution < -0.4 is 0 Å². The average Bonchev–Trinajstić information content (AvgIpc) is 2.98. The molecule has 1 heterocycles. The van der Waals surface area contributed by atoms with Crippen molar-refractivity contribution in [2.24, 2.45) is 0 Å². The van der Waals surface area contributed by atoms with Gasteiger partial charge >= 0.3 is 0 Å². The number of rotatable bonds is 5. The summed E-state index contributed by atoms with van der Waals surface area (Å²) in [5.74, 6) is 1.95. The Balaban J connectivity index is 1.44. The second-order valence-corrected chi connectivity index (χ2v) is 9.62. The molecule has 3 nitrogen and oxygen atoms in total. The lowest BCUT2D eigenvalue weighted by molar-refractivity contribution is 1.07. The van der Waals surface area contributed by atoms with E-state index in [0.717, 1.165) is 43.4 Å². The summed E-state index contributed by atoms with van der Waals surface area (Å²) in [7, 11) is 0. The van der Waals surface area contributed by atoms with Crippen molar-refractivity contribution in [2.75, 3.05) is 0 Å². The standard InChI is InChI=1S/C33H22BrN3/c34-30-16-8-14-28(22-30)24-17-19-26(20-18-24)32-35-31(25-11-5-2-6-12-25)36-33(37-32)29-15-7-13-27(21-29)23-9-3-1-4-10-23/h1-22H. The number of benzene rings is 5. The highest BCUT2D eigenvalue weighted by atomic mass is 79.9. The maximum atomic E-state index is 4.92. The van der Waals surface area contributed by atoms with Crippen molar-refractivity contribution in [1.82, 2.24) is 15.0 Å². The van der Waals surface area contributed by atoms with Crippen LogP contribution in [0.15, 0.2) is 138 Å². The monoisotopic (exact) mass is 539 g/mol. The van der Waals surface area contributed by atoms with Crippen LogP contribution in [0.4, 0.5) is 0 Å². The summed E-state index contributed by atoms with van der Waals surface area (Å²) in [6.07, 6.45) is 0. The van der Waals surface area contributed by atoms with E-state index in [4.69, 9.17) is 15.0 Å². The van der Waals surface area contributed by atoms with Crippen LogP contribution in [0, 0.1) is 0 Å². The van der Waals surface area contributed by atoms with Gasteiger partial charge in [-0.3, -0.25) is 0 Å². The van der Waals surface area contributed by atoms with E-state index >= 15 is 0 Å². The zero-order valence-corrected chi connectivity index (χ0v) is 21.5. The van der Waals surface area contributed by atoms with Crippen molar-refractivity contribution in [2.45, 2.75) is 0 Å². The van der Waals surface area contributed by atoms with E-state index in [1.807, 2.05) is 60.7 Å². The molecule has 0 radical (unpaired) electrons. The van der Waals surface area contributed by atoms with Crippen LogP contribution >= 0.6 is 15.9 Å². The van der Waals surface area contributed by atoms with Gasteiger partial charge in [0.25, 0.3) is 0 Å². The molecule has 0 saturated carbocycles. The molecule has 6 aromatic rings. The van der Waals surface area contributed by atoms with Gasteiger partial charge in [0.05, 0.1) is 0 Å². The smallest absolute Gasteiger partial charge is 0.164 e. The minimum Gasteiger partial charge on any atom is -0.208 e. The van der Waals surface area contributed by atoms with Crippen LogP contribution in [0.2, 0.25) is 0 Å². The molecule has 0 atom stereocenters. The number of aromatic nitrogens is 3. The van der Waals surface area contributed by atoms with Gasteiger partial charge in [-0.1, -0.05) is 131 Å². The van der Waals surface area contributed by atoms with E-state index in [0.29, 0.717) is 17.5 Å². The van der Waals surface area contributed by atoms with Gasteiger partial charge in [-0.25, -0.2) is 15.0 Å². The van der Waals surface area contributed by atoms with Crippen molar-refractivity contribution in [1.29, 1.82) is 0 Å². The molecule has 0 amide bonds. The minimum absolute atomic E-state index is 0.648. The zero-order chi connectivity index (χ0) is 25.0. The minimum atomic E-state index is 0.648. The SMILES string of the molecule is Brc1cccc(-c2ccc(-c3nc(-c4ccccc4)nc(-c4cccc(-c5ccccc5)c4)n3)cc2)c1. The Morgan fingerprint density at radius 3 is 1.35 bits per heavy atom. The molecular formula is C33H22BrN3. The normalized spacial score (nSPS) is 10.8. The fourth-order valence-corrected chi connectivity index (χ4v) is 4.70. The fourth-order valence-electron chi connectivity index (χ4n) is 4.30. The molecule has 0 aliphatic rings. The highest BCUT2D eigenvalue weighted by Gasteiger charge is 2.13. The summed E-state index contributed by atoms with van der Waals surface area (Å²) in [4.78, 5) is 14.7. The van der Waals surface area contributed by atoms with E-state index in [-0.39, 0.29) is 0 Å². The van der Waals surface area contributed by atoms with Gasteiger partial charge in [0.2, 0.25) is 0 Å². The highest BCUT2D eigenvalue weighted by molar-refractivity contribution is 9.10. The Kier molecular flexibility index (Phi) is 6.40. The summed E-state index contributed by atoms with van der Waals surface area (Å²) in [6, 6.07) is 45.4. The van der Waals surface area contributed by atoms with Gasteiger partial charge in [-0.2, -0.15) is 0 Å². The molecule has 0 aliphatic carbocycles. The van der Waals surface area contributed by atoms with Crippen molar-refractivity contribution in [3.8, 4) is 56.4 Å². The van der Waals surface area contributed by atoms with E-state index in [1.54, 1.807) is 0 Å². The summed E-state index contributed by atoms with van der Waals surface area (Å²) in [5, 5.41) is 0. The maximum Gasteiger partial charge on any atom is 0.164 e. The van der Waals surface area contributed by atoms with Crippen LogP contribution in [0.1, 0.15) is 0 Å². The van der Waals surface area contributed by atoms with Gasteiger partial charge < -0.3 is 0 Å². The number of nitrogens with zero attached hydrogens (tertiary/aromatic N) is 3. The summed E-state index contributed by atoms with van der Waals surface area (Å²) >= 11 is 3.56. The molecule has 0 aliphatic heterocycles. The largest absolute Gasteiger partial charge is 0.208 e. The number of halogens is 1. The van der Waals surface area contributed by atoms with Crippen molar-refractivity contribution >= 4 is 15.9 Å². The fraction of sp³-hybridized carbons (Fsp3) is 0. The van der Waals surface area contributed by atoms with Crippen molar-refractivity contribution in [3.05, 3.63) is 138 Å². The average molecular weight is 540 g/mol. The Morgan fingerprint density at radius 1 is 0.324 bits per heavy atom. The molecule has 5 aromatic carbocycles. The van der Waals surface area contributed by atoms with Crippen LogP contribution in [0.3, 0.4) is 0 Å². The first kappa shape index (κ1) is 23.0. The van der Waals surface area contributed by atoms with E-state index in [9.17, 15) is 0 Å². The van der Waals surface area contributed by atoms with Crippen LogP contribution in [0.25, 0.3) is 56.4 Å². The third kappa shape index (κ3) is 5.11. The number of hydrogen-bond acceptors (Lipinski definition) is 3. The Labute approximate surface area is 224 Å². The van der Waals surface area contributed by atoms with Gasteiger partial charge in [0.1, 0.15) is 0 Å². The second-order valence-electron chi connectivity index (χ2n) is 8.71. The first-order chi connectivity index (χ1) is 18.2. The molecular weight excluding hydrogens is 518 g/mol. The maximum absolute atomic E-state index is 4.92. The van der Waals surface area contributed by atoms with Gasteiger partial charge in [0, 0.05) is 21.2 Å². The van der Waals surface area contributed by atoms with E-state index < -0.39 is 0 Å². The van der Waals surface area contributed by atoms with Gasteiger partial charge in [-0.15, -0.1) is 0 Å². The number of hydrogen-bond donors (Lipinski definition) is 0. The van der Waals surface area contributed by atoms with Crippen LogP contribution in [0.5, 0.6) is 0 Å². The van der Waals surface area contributed by atoms with Crippen molar-refractivity contribution < 1.29 is 0 Å². The predicted octanol–water partition coefficient (Wildman–Crippen LogP) is 8.97. The van der Waals surface area contributed by atoms with Crippen molar-refractivity contribution in [3.63, 3.8) is 0 Å². The zero-order valence-electron chi connectivity index (χ0n) is 19.9. The summed E-state index contributed by atoms with van der Waals surface area (Å²) < 4.78 is 1.06. The molecule has 1 aromatic heterocycles. The third-order valence-corrected chi connectivity index (χ3v) is 6.69. The van der Waals surface area contributed by atoms with Gasteiger partial charge in [0.15, 0.2) is 17.5 Å². The first-order valence-electron chi connectivity index (χ1n) is 12.1. The first-order valence-corrected chi connectivity index (χ1v) is 12.9. The lowest BCUT2D eigenvalue weighted by Crippen LogP contribution is -2.00.